The molecule has 1 N–H and O–H groups in total. The lowest BCUT2D eigenvalue weighted by Crippen LogP contribution is -2.42. The first-order chi connectivity index (χ1) is 12.8. The molecule has 2 rings (SSSR count). The number of carbonyl (C=O) groups excluding carboxylic acids is 2. The molecule has 1 amide bonds. The van der Waals surface area contributed by atoms with Crippen molar-refractivity contribution in [3.05, 3.63) is 29.8 Å². The number of hydrogen-bond acceptors (Lipinski definition) is 6. The average Bonchev–Trinajstić information content (AvgIpc) is 2.67. The van der Waals surface area contributed by atoms with Gasteiger partial charge in [-0.05, 0) is 43.0 Å². The molecular formula is C18H26N2O6S. The van der Waals surface area contributed by atoms with Gasteiger partial charge < -0.3 is 10.1 Å². The highest BCUT2D eigenvalue weighted by Crippen LogP contribution is 2.23. The number of ether oxygens (including phenoxy) is 1. The van der Waals surface area contributed by atoms with Gasteiger partial charge in [-0.3, -0.25) is 9.63 Å². The molecular weight excluding hydrogens is 372 g/mol. The molecule has 150 valence electrons. The number of rotatable bonds is 7. The van der Waals surface area contributed by atoms with E-state index in [1.807, 2.05) is 0 Å². The lowest BCUT2D eigenvalue weighted by Gasteiger charge is -2.29. The molecule has 0 bridgehead atoms. The van der Waals surface area contributed by atoms with Crippen LogP contribution in [0.3, 0.4) is 0 Å². The number of esters is 1. The number of benzene rings is 1. The Bertz CT molecular complexity index is 763. The lowest BCUT2D eigenvalue weighted by atomic mass is 9.86. The second-order valence-electron chi connectivity index (χ2n) is 6.63. The van der Waals surface area contributed by atoms with Gasteiger partial charge in [0.05, 0.1) is 17.6 Å². The number of nitrogens with one attached hydrogen (secondary N) is 1. The first kappa shape index (κ1) is 21.3. The van der Waals surface area contributed by atoms with Crippen LogP contribution < -0.4 is 5.32 Å². The molecule has 1 aliphatic rings. The summed E-state index contributed by atoms with van der Waals surface area (Å²) in [5.41, 5.74) is 0.160. The second kappa shape index (κ2) is 9.29. The summed E-state index contributed by atoms with van der Waals surface area (Å²) in [5, 5.41) is 2.91. The maximum atomic E-state index is 12.1. The normalized spacial score (nSPS) is 20.3. The van der Waals surface area contributed by atoms with Crippen molar-refractivity contribution < 1.29 is 27.6 Å². The number of hydrogen-bond donors (Lipinski definition) is 1. The zero-order valence-electron chi connectivity index (χ0n) is 15.8. The summed E-state index contributed by atoms with van der Waals surface area (Å²) in [6.45, 7) is 1.74. The summed E-state index contributed by atoms with van der Waals surface area (Å²) < 4.78 is 30.0. The van der Waals surface area contributed by atoms with Crippen molar-refractivity contribution in [2.75, 3.05) is 20.8 Å². The van der Waals surface area contributed by atoms with Gasteiger partial charge >= 0.3 is 5.97 Å². The molecule has 1 aromatic carbocycles. The van der Waals surface area contributed by atoms with Gasteiger partial charge in [0.25, 0.3) is 15.9 Å². The van der Waals surface area contributed by atoms with Crippen LogP contribution in [0.15, 0.2) is 29.2 Å². The Morgan fingerprint density at radius 2 is 1.81 bits per heavy atom. The minimum atomic E-state index is -3.78. The number of hydroxylamine groups is 1. The molecule has 2 atom stereocenters. The molecule has 8 nitrogen and oxygen atoms in total. The predicted molar refractivity (Wildman–Crippen MR) is 98.2 cm³/mol. The third kappa shape index (κ3) is 5.50. The van der Waals surface area contributed by atoms with E-state index in [0.717, 1.165) is 23.7 Å². The Hall–Kier alpha value is -1.97. The van der Waals surface area contributed by atoms with Crippen LogP contribution in [0.25, 0.3) is 0 Å². The Kier molecular flexibility index (Phi) is 7.34. The van der Waals surface area contributed by atoms with Crippen molar-refractivity contribution in [3.8, 4) is 0 Å². The minimum absolute atomic E-state index is 0.0209. The molecule has 0 radical (unpaired) electrons. The van der Waals surface area contributed by atoms with Gasteiger partial charge in [0.2, 0.25) is 0 Å². The molecule has 1 saturated carbocycles. The summed E-state index contributed by atoms with van der Waals surface area (Å²) in [6, 6.07) is 5.35. The minimum Gasteiger partial charge on any atom is -0.452 e. The van der Waals surface area contributed by atoms with Crippen LogP contribution in [0, 0.1) is 5.92 Å². The fraction of sp³-hybridized carbons (Fsp3) is 0.556. The maximum absolute atomic E-state index is 12.1. The molecule has 0 aromatic heterocycles. The van der Waals surface area contributed by atoms with E-state index in [0.29, 0.717) is 5.92 Å². The monoisotopic (exact) mass is 398 g/mol. The summed E-state index contributed by atoms with van der Waals surface area (Å²) >= 11 is 0. The van der Waals surface area contributed by atoms with Crippen molar-refractivity contribution in [3.63, 3.8) is 0 Å². The van der Waals surface area contributed by atoms with Crippen LogP contribution >= 0.6 is 0 Å². The summed E-state index contributed by atoms with van der Waals surface area (Å²) in [5.74, 6) is -0.605. The molecule has 0 heterocycles. The molecule has 27 heavy (non-hydrogen) atoms. The molecule has 1 fully saturated rings. The SMILES string of the molecule is CON(C)S(=O)(=O)c1ccc(C(=O)OCC(=O)N[C@H]2CCCC[C@H]2C)cc1. The molecule has 9 heteroatoms. The van der Waals surface area contributed by atoms with Crippen molar-refractivity contribution in [2.24, 2.45) is 5.92 Å². The van der Waals surface area contributed by atoms with Gasteiger partial charge in [0.15, 0.2) is 6.61 Å². The Morgan fingerprint density at radius 1 is 1.19 bits per heavy atom. The van der Waals surface area contributed by atoms with Crippen LogP contribution in [0.2, 0.25) is 0 Å². The van der Waals surface area contributed by atoms with Crippen molar-refractivity contribution in [2.45, 2.75) is 43.5 Å². The van der Waals surface area contributed by atoms with E-state index < -0.39 is 16.0 Å². The van der Waals surface area contributed by atoms with Crippen LogP contribution in [0.1, 0.15) is 43.0 Å². The molecule has 0 unspecified atom stereocenters. The van der Waals surface area contributed by atoms with Gasteiger partial charge in [-0.25, -0.2) is 13.2 Å². The molecule has 1 aliphatic carbocycles. The highest BCUT2D eigenvalue weighted by Gasteiger charge is 2.24. The summed E-state index contributed by atoms with van der Waals surface area (Å²) in [6.07, 6.45) is 4.28. The van der Waals surface area contributed by atoms with Crippen molar-refractivity contribution in [1.82, 2.24) is 9.79 Å². The van der Waals surface area contributed by atoms with E-state index in [4.69, 9.17) is 9.57 Å². The Labute approximate surface area is 159 Å². The third-order valence-electron chi connectivity index (χ3n) is 4.78. The van der Waals surface area contributed by atoms with E-state index >= 15 is 0 Å². The third-order valence-corrected chi connectivity index (χ3v) is 6.47. The predicted octanol–water partition coefficient (Wildman–Crippen LogP) is 1.72. The summed E-state index contributed by atoms with van der Waals surface area (Å²) in [4.78, 5) is 28.7. The maximum Gasteiger partial charge on any atom is 0.338 e. The zero-order chi connectivity index (χ0) is 20.0. The molecule has 0 spiro atoms. The number of amides is 1. The Balaban J connectivity index is 1.89. The van der Waals surface area contributed by atoms with Gasteiger partial charge in [-0.2, -0.15) is 0 Å². The van der Waals surface area contributed by atoms with Gasteiger partial charge in [0, 0.05) is 13.1 Å². The number of carbonyl (C=O) groups is 2. The second-order valence-corrected chi connectivity index (χ2v) is 8.57. The van der Waals surface area contributed by atoms with Crippen LogP contribution in [0.5, 0.6) is 0 Å². The fourth-order valence-electron chi connectivity index (χ4n) is 3.00. The molecule has 0 aliphatic heterocycles. The van der Waals surface area contributed by atoms with Crippen LogP contribution in [-0.4, -0.2) is 51.6 Å². The lowest BCUT2D eigenvalue weighted by molar-refractivity contribution is -0.125. The fourth-order valence-corrected chi connectivity index (χ4v) is 3.98. The molecule has 0 saturated heterocycles. The highest BCUT2D eigenvalue weighted by molar-refractivity contribution is 7.89. The first-order valence-corrected chi connectivity index (χ1v) is 10.3. The Morgan fingerprint density at radius 3 is 2.41 bits per heavy atom. The standard InChI is InChI=1S/C18H26N2O6S/c1-13-6-4-5-7-16(13)19-17(21)12-26-18(22)14-8-10-15(11-9-14)27(23,24)20(2)25-3/h8-11,13,16H,4-7,12H2,1-3H3,(H,19,21)/t13-,16+/m1/s1. The van der Waals surface area contributed by atoms with Crippen molar-refractivity contribution in [1.29, 1.82) is 0 Å². The smallest absolute Gasteiger partial charge is 0.338 e. The number of nitrogens with zero attached hydrogens (tertiary/aromatic N) is 1. The van der Waals surface area contributed by atoms with Gasteiger partial charge in [-0.1, -0.05) is 24.2 Å². The number of sulfonamides is 1. The first-order valence-electron chi connectivity index (χ1n) is 8.85. The van der Waals surface area contributed by atoms with E-state index in [9.17, 15) is 18.0 Å². The average molecular weight is 398 g/mol. The van der Waals surface area contributed by atoms with E-state index in [2.05, 4.69) is 12.2 Å². The van der Waals surface area contributed by atoms with Crippen molar-refractivity contribution >= 4 is 21.9 Å². The van der Waals surface area contributed by atoms with Gasteiger partial charge in [0.1, 0.15) is 0 Å². The van der Waals surface area contributed by atoms with E-state index in [1.165, 1.54) is 44.8 Å². The van der Waals surface area contributed by atoms with Gasteiger partial charge in [-0.15, -0.1) is 0 Å². The highest BCUT2D eigenvalue weighted by atomic mass is 32.2. The van der Waals surface area contributed by atoms with Crippen LogP contribution in [0.4, 0.5) is 0 Å². The molecule has 1 aromatic rings. The van der Waals surface area contributed by atoms with E-state index in [-0.39, 0.29) is 29.0 Å². The van der Waals surface area contributed by atoms with E-state index in [1.54, 1.807) is 0 Å². The quantitative estimate of drug-likeness (QED) is 0.554. The topological polar surface area (TPSA) is 102 Å². The largest absolute Gasteiger partial charge is 0.452 e. The zero-order valence-corrected chi connectivity index (χ0v) is 16.6. The summed E-state index contributed by atoms with van der Waals surface area (Å²) in [7, 11) is -1.28. The van der Waals surface area contributed by atoms with Crippen LogP contribution in [-0.2, 0) is 24.4 Å².